The summed E-state index contributed by atoms with van der Waals surface area (Å²) in [5.41, 5.74) is 1.50. The second-order valence-electron chi connectivity index (χ2n) is 6.02. The van der Waals surface area contributed by atoms with Gasteiger partial charge >= 0.3 is 0 Å². The van der Waals surface area contributed by atoms with Crippen LogP contribution in [0.5, 0.6) is 0 Å². The molecule has 6 heteroatoms. The maximum absolute atomic E-state index is 13.0. The van der Waals surface area contributed by atoms with Gasteiger partial charge in [0.15, 0.2) is 0 Å². The topological polar surface area (TPSA) is 46.9 Å². The van der Waals surface area contributed by atoms with E-state index in [4.69, 9.17) is 4.98 Å². The van der Waals surface area contributed by atoms with Gasteiger partial charge in [0.05, 0.1) is 10.9 Å². The Kier molecular flexibility index (Phi) is 5.06. The van der Waals surface area contributed by atoms with Crippen LogP contribution in [0.3, 0.4) is 0 Å². The van der Waals surface area contributed by atoms with Gasteiger partial charge in [0.25, 0.3) is 5.56 Å². The normalized spacial score (nSPS) is 11.2. The predicted molar refractivity (Wildman–Crippen MR) is 106 cm³/mol. The van der Waals surface area contributed by atoms with Crippen molar-refractivity contribution in [3.05, 3.63) is 61.8 Å². The third-order valence-corrected chi connectivity index (χ3v) is 4.62. The summed E-state index contributed by atoms with van der Waals surface area (Å²) >= 11 is 6.95. The summed E-state index contributed by atoms with van der Waals surface area (Å²) < 4.78 is 3.34. The summed E-state index contributed by atoms with van der Waals surface area (Å²) in [6.07, 6.45) is 0. The van der Waals surface area contributed by atoms with E-state index in [0.717, 1.165) is 14.6 Å². The molecule has 3 rings (SSSR count). The van der Waals surface area contributed by atoms with E-state index in [9.17, 15) is 4.79 Å². The number of nitrogens with zero attached hydrogens (tertiary/aromatic N) is 2. The van der Waals surface area contributed by atoms with Gasteiger partial charge in [0.2, 0.25) is 5.95 Å². The molecule has 1 heterocycles. The van der Waals surface area contributed by atoms with Crippen LogP contribution in [0, 0.1) is 5.92 Å². The van der Waals surface area contributed by atoms with Crippen LogP contribution in [-0.4, -0.2) is 9.55 Å². The van der Waals surface area contributed by atoms with E-state index >= 15 is 0 Å². The monoisotopic (exact) mass is 449 g/mol. The Bertz CT molecular complexity index is 936. The molecule has 0 amide bonds. The standard InChI is InChI=1S/C18H17Br2N3O/c1-11(2)10-23-17(24)14-8-12(19)9-15(20)16(14)22-18(23)21-13-6-4-3-5-7-13/h3-9,11H,10H2,1-2H3,(H,21,22). The van der Waals surface area contributed by atoms with Gasteiger partial charge in [-0.25, -0.2) is 4.98 Å². The van der Waals surface area contributed by atoms with Gasteiger partial charge in [-0.1, -0.05) is 48.0 Å². The number of hydrogen-bond acceptors (Lipinski definition) is 3. The Hall–Kier alpha value is -1.66. The lowest BCUT2D eigenvalue weighted by molar-refractivity contribution is 0.514. The van der Waals surface area contributed by atoms with Gasteiger partial charge in [-0.3, -0.25) is 9.36 Å². The van der Waals surface area contributed by atoms with Gasteiger partial charge in [0, 0.05) is 21.2 Å². The third-order valence-electron chi connectivity index (χ3n) is 3.55. The summed E-state index contributed by atoms with van der Waals surface area (Å²) in [5.74, 6) is 0.879. The number of nitrogens with one attached hydrogen (secondary N) is 1. The Balaban J connectivity index is 2.23. The van der Waals surface area contributed by atoms with Gasteiger partial charge < -0.3 is 5.32 Å². The van der Waals surface area contributed by atoms with E-state index < -0.39 is 0 Å². The van der Waals surface area contributed by atoms with Crippen molar-refractivity contribution < 1.29 is 0 Å². The van der Waals surface area contributed by atoms with E-state index in [2.05, 4.69) is 51.0 Å². The van der Waals surface area contributed by atoms with Crippen molar-refractivity contribution in [1.29, 1.82) is 0 Å². The zero-order valence-corrected chi connectivity index (χ0v) is 16.6. The van der Waals surface area contributed by atoms with Crippen LogP contribution in [0.4, 0.5) is 11.6 Å². The lowest BCUT2D eigenvalue weighted by atomic mass is 10.2. The number of benzene rings is 2. The van der Waals surface area contributed by atoms with Crippen LogP contribution in [0.25, 0.3) is 10.9 Å². The van der Waals surface area contributed by atoms with Crippen molar-refractivity contribution in [2.75, 3.05) is 5.32 Å². The maximum atomic E-state index is 13.0. The number of halogens is 2. The zero-order valence-electron chi connectivity index (χ0n) is 13.4. The molecular formula is C18H17Br2N3O. The van der Waals surface area contributed by atoms with Crippen LogP contribution >= 0.6 is 31.9 Å². The molecule has 24 heavy (non-hydrogen) atoms. The number of aromatic nitrogens is 2. The first kappa shape index (κ1) is 17.2. The number of hydrogen-bond donors (Lipinski definition) is 1. The van der Waals surface area contributed by atoms with Gasteiger partial charge in [-0.05, 0) is 46.1 Å². The van der Waals surface area contributed by atoms with Crippen molar-refractivity contribution in [3.63, 3.8) is 0 Å². The van der Waals surface area contributed by atoms with Gasteiger partial charge in [-0.15, -0.1) is 0 Å². The molecule has 0 fully saturated rings. The van der Waals surface area contributed by atoms with Crippen LogP contribution in [0.1, 0.15) is 13.8 Å². The first-order chi connectivity index (χ1) is 11.5. The fourth-order valence-corrected chi connectivity index (χ4v) is 3.84. The molecular weight excluding hydrogens is 434 g/mol. The molecule has 1 N–H and O–H groups in total. The van der Waals surface area contributed by atoms with Gasteiger partial charge in [0.1, 0.15) is 0 Å². The molecule has 0 radical (unpaired) electrons. The molecule has 0 aliphatic carbocycles. The minimum atomic E-state index is -0.0471. The van der Waals surface area contributed by atoms with Crippen molar-refractivity contribution >= 4 is 54.4 Å². The maximum Gasteiger partial charge on any atom is 0.262 e. The molecule has 0 unspecified atom stereocenters. The summed E-state index contributed by atoms with van der Waals surface area (Å²) in [6, 6.07) is 13.5. The minimum Gasteiger partial charge on any atom is -0.326 e. The first-order valence-corrected chi connectivity index (χ1v) is 9.26. The van der Waals surface area contributed by atoms with Crippen LogP contribution in [0.15, 0.2) is 56.2 Å². The lowest BCUT2D eigenvalue weighted by Gasteiger charge is -2.17. The number of fused-ring (bicyclic) bond motifs is 1. The molecule has 2 aromatic carbocycles. The Morgan fingerprint density at radius 1 is 1.17 bits per heavy atom. The predicted octanol–water partition coefficient (Wildman–Crippen LogP) is 5.32. The Morgan fingerprint density at radius 3 is 2.54 bits per heavy atom. The SMILES string of the molecule is CC(C)Cn1c(Nc2ccccc2)nc2c(Br)cc(Br)cc2c1=O. The number of para-hydroxylation sites is 1. The minimum absolute atomic E-state index is 0.0471. The summed E-state index contributed by atoms with van der Waals surface area (Å²) in [6.45, 7) is 4.76. The average Bonchev–Trinajstić information content (AvgIpc) is 2.53. The second kappa shape index (κ2) is 7.07. The van der Waals surface area contributed by atoms with Crippen molar-refractivity contribution in [2.24, 2.45) is 5.92 Å². The van der Waals surface area contributed by atoms with E-state index in [0.29, 0.717) is 29.3 Å². The Labute approximate surface area is 157 Å². The zero-order chi connectivity index (χ0) is 17.3. The Morgan fingerprint density at radius 2 is 1.88 bits per heavy atom. The molecule has 0 bridgehead atoms. The highest BCUT2D eigenvalue weighted by molar-refractivity contribution is 9.11. The fraction of sp³-hybridized carbons (Fsp3) is 0.222. The first-order valence-electron chi connectivity index (χ1n) is 7.67. The molecule has 0 aliphatic heterocycles. The van der Waals surface area contributed by atoms with Crippen molar-refractivity contribution in [3.8, 4) is 0 Å². The molecule has 0 saturated heterocycles. The van der Waals surface area contributed by atoms with Crippen molar-refractivity contribution in [2.45, 2.75) is 20.4 Å². The quantitative estimate of drug-likeness (QED) is 0.584. The summed E-state index contributed by atoms with van der Waals surface area (Å²) in [7, 11) is 0. The molecule has 0 spiro atoms. The second-order valence-corrected chi connectivity index (χ2v) is 7.79. The van der Waals surface area contributed by atoms with Crippen LogP contribution in [-0.2, 0) is 6.54 Å². The highest BCUT2D eigenvalue weighted by atomic mass is 79.9. The molecule has 3 aromatic rings. The largest absolute Gasteiger partial charge is 0.326 e. The van der Waals surface area contributed by atoms with E-state index in [1.165, 1.54) is 0 Å². The molecule has 4 nitrogen and oxygen atoms in total. The van der Waals surface area contributed by atoms with E-state index in [-0.39, 0.29) is 5.56 Å². The smallest absolute Gasteiger partial charge is 0.262 e. The number of anilines is 2. The van der Waals surface area contributed by atoms with E-state index in [1.807, 2.05) is 42.5 Å². The molecule has 0 atom stereocenters. The lowest BCUT2D eigenvalue weighted by Crippen LogP contribution is -2.26. The molecule has 124 valence electrons. The van der Waals surface area contributed by atoms with Crippen molar-refractivity contribution in [1.82, 2.24) is 9.55 Å². The third kappa shape index (κ3) is 3.54. The van der Waals surface area contributed by atoms with Crippen LogP contribution in [0.2, 0.25) is 0 Å². The summed E-state index contributed by atoms with van der Waals surface area (Å²) in [4.78, 5) is 17.7. The van der Waals surface area contributed by atoms with Gasteiger partial charge in [-0.2, -0.15) is 0 Å². The average molecular weight is 451 g/mol. The summed E-state index contributed by atoms with van der Waals surface area (Å²) in [5, 5.41) is 3.87. The highest BCUT2D eigenvalue weighted by Gasteiger charge is 2.15. The fourth-order valence-electron chi connectivity index (χ4n) is 2.53. The number of rotatable bonds is 4. The molecule has 1 aromatic heterocycles. The van der Waals surface area contributed by atoms with E-state index in [1.54, 1.807) is 4.57 Å². The molecule has 0 aliphatic rings. The highest BCUT2D eigenvalue weighted by Crippen LogP contribution is 2.27. The van der Waals surface area contributed by atoms with Crippen LogP contribution < -0.4 is 10.9 Å². The molecule has 0 saturated carbocycles.